The third kappa shape index (κ3) is 2.81. The lowest BCUT2D eigenvalue weighted by Crippen LogP contribution is -2.00. The van der Waals surface area contributed by atoms with Crippen LogP contribution in [-0.4, -0.2) is 6.29 Å². The van der Waals surface area contributed by atoms with Crippen molar-refractivity contribution >= 4 is 17.9 Å². The highest BCUT2D eigenvalue weighted by molar-refractivity contribution is 6.31. The molecule has 1 aromatic rings. The molecule has 0 heterocycles. The zero-order valence-electron chi connectivity index (χ0n) is 7.97. The Kier molecular flexibility index (Phi) is 4.08. The summed E-state index contributed by atoms with van der Waals surface area (Å²) in [6.45, 7) is 1.81. The van der Waals surface area contributed by atoms with Crippen LogP contribution in [0.3, 0.4) is 0 Å². The lowest BCUT2D eigenvalue weighted by Gasteiger charge is -2.06. The molecule has 0 saturated heterocycles. The van der Waals surface area contributed by atoms with Gasteiger partial charge in [0.15, 0.2) is 0 Å². The highest BCUT2D eigenvalue weighted by Crippen LogP contribution is 2.21. The van der Waals surface area contributed by atoms with E-state index in [2.05, 4.69) is 0 Å². The van der Waals surface area contributed by atoms with Crippen LogP contribution in [0.15, 0.2) is 18.2 Å². The molecule has 0 radical (unpaired) electrons. The SMILES string of the molecule is CC(C=O)CCc1c(F)cccc1Cl. The van der Waals surface area contributed by atoms with Crippen LogP contribution in [0.1, 0.15) is 18.9 Å². The van der Waals surface area contributed by atoms with Crippen LogP contribution in [0.2, 0.25) is 5.02 Å². The van der Waals surface area contributed by atoms with Crippen molar-refractivity contribution in [3.8, 4) is 0 Å². The fourth-order valence-electron chi connectivity index (χ4n) is 1.21. The maximum absolute atomic E-state index is 13.2. The lowest BCUT2D eigenvalue weighted by atomic mass is 10.0. The first-order valence-electron chi connectivity index (χ1n) is 4.53. The first-order chi connectivity index (χ1) is 6.65. The Labute approximate surface area is 87.9 Å². The first-order valence-corrected chi connectivity index (χ1v) is 4.91. The van der Waals surface area contributed by atoms with Crippen molar-refractivity contribution in [2.24, 2.45) is 5.92 Å². The van der Waals surface area contributed by atoms with Crippen molar-refractivity contribution in [1.29, 1.82) is 0 Å². The smallest absolute Gasteiger partial charge is 0.127 e. The molecule has 0 fully saturated rings. The van der Waals surface area contributed by atoms with Gasteiger partial charge in [-0.1, -0.05) is 24.6 Å². The third-order valence-electron chi connectivity index (χ3n) is 2.14. The standard InChI is InChI=1S/C11H12ClFO/c1-8(7-14)5-6-9-10(12)3-2-4-11(9)13/h2-4,7-8H,5-6H2,1H3. The van der Waals surface area contributed by atoms with Gasteiger partial charge in [0.1, 0.15) is 12.1 Å². The van der Waals surface area contributed by atoms with Gasteiger partial charge in [0.05, 0.1) is 0 Å². The predicted octanol–water partition coefficient (Wildman–Crippen LogP) is 3.25. The van der Waals surface area contributed by atoms with Crippen LogP contribution in [0.5, 0.6) is 0 Å². The maximum atomic E-state index is 13.2. The van der Waals surface area contributed by atoms with E-state index in [1.807, 2.05) is 6.92 Å². The lowest BCUT2D eigenvalue weighted by molar-refractivity contribution is -0.110. The molecule has 0 aromatic heterocycles. The quantitative estimate of drug-likeness (QED) is 0.704. The van der Waals surface area contributed by atoms with E-state index in [4.69, 9.17) is 11.6 Å². The van der Waals surface area contributed by atoms with Gasteiger partial charge in [-0.25, -0.2) is 4.39 Å². The molecule has 0 N–H and O–H groups in total. The molecular weight excluding hydrogens is 203 g/mol. The number of benzene rings is 1. The molecular formula is C11H12ClFO. The maximum Gasteiger partial charge on any atom is 0.127 e. The number of carbonyl (C=O) groups excluding carboxylic acids is 1. The molecule has 1 atom stereocenters. The van der Waals surface area contributed by atoms with Crippen molar-refractivity contribution in [2.75, 3.05) is 0 Å². The summed E-state index contributed by atoms with van der Waals surface area (Å²) in [5.41, 5.74) is 0.503. The number of carbonyl (C=O) groups is 1. The zero-order valence-corrected chi connectivity index (χ0v) is 8.72. The van der Waals surface area contributed by atoms with Crippen LogP contribution in [-0.2, 0) is 11.2 Å². The van der Waals surface area contributed by atoms with E-state index in [1.54, 1.807) is 12.1 Å². The number of hydrogen-bond acceptors (Lipinski definition) is 1. The second kappa shape index (κ2) is 5.11. The van der Waals surface area contributed by atoms with E-state index in [0.717, 1.165) is 6.29 Å². The zero-order chi connectivity index (χ0) is 10.6. The molecule has 1 unspecified atom stereocenters. The van der Waals surface area contributed by atoms with Crippen LogP contribution in [0.25, 0.3) is 0 Å². The van der Waals surface area contributed by atoms with E-state index in [0.29, 0.717) is 23.4 Å². The van der Waals surface area contributed by atoms with E-state index < -0.39 is 0 Å². The van der Waals surface area contributed by atoms with Crippen molar-refractivity contribution < 1.29 is 9.18 Å². The van der Waals surface area contributed by atoms with Crippen LogP contribution < -0.4 is 0 Å². The highest BCUT2D eigenvalue weighted by Gasteiger charge is 2.08. The Balaban J connectivity index is 2.71. The molecule has 0 bridgehead atoms. The van der Waals surface area contributed by atoms with Gasteiger partial charge in [0.25, 0.3) is 0 Å². The van der Waals surface area contributed by atoms with E-state index in [-0.39, 0.29) is 11.7 Å². The summed E-state index contributed by atoms with van der Waals surface area (Å²) in [5, 5.41) is 0.433. The topological polar surface area (TPSA) is 17.1 Å². The Morgan fingerprint density at radius 1 is 1.57 bits per heavy atom. The van der Waals surface area contributed by atoms with Gasteiger partial charge in [-0.3, -0.25) is 0 Å². The average Bonchev–Trinajstić information content (AvgIpc) is 2.16. The molecule has 0 aliphatic carbocycles. The fraction of sp³-hybridized carbons (Fsp3) is 0.364. The van der Waals surface area contributed by atoms with Crippen molar-refractivity contribution in [1.82, 2.24) is 0 Å². The summed E-state index contributed by atoms with van der Waals surface area (Å²) < 4.78 is 13.2. The monoisotopic (exact) mass is 214 g/mol. The highest BCUT2D eigenvalue weighted by atomic mass is 35.5. The van der Waals surface area contributed by atoms with Gasteiger partial charge in [0, 0.05) is 16.5 Å². The van der Waals surface area contributed by atoms with Crippen LogP contribution >= 0.6 is 11.6 Å². The minimum Gasteiger partial charge on any atom is -0.303 e. The third-order valence-corrected chi connectivity index (χ3v) is 2.50. The van der Waals surface area contributed by atoms with E-state index in [9.17, 15) is 9.18 Å². The average molecular weight is 215 g/mol. The second-order valence-corrected chi connectivity index (χ2v) is 3.76. The Hall–Kier alpha value is -0.890. The molecule has 0 aliphatic heterocycles. The van der Waals surface area contributed by atoms with Gasteiger partial charge in [-0.05, 0) is 25.0 Å². The summed E-state index contributed by atoms with van der Waals surface area (Å²) in [6.07, 6.45) is 2.00. The van der Waals surface area contributed by atoms with E-state index >= 15 is 0 Å². The number of rotatable bonds is 4. The Morgan fingerprint density at radius 3 is 2.86 bits per heavy atom. The molecule has 0 aliphatic rings. The molecule has 1 aromatic carbocycles. The van der Waals surface area contributed by atoms with Gasteiger partial charge in [0.2, 0.25) is 0 Å². The molecule has 76 valence electrons. The molecule has 0 amide bonds. The van der Waals surface area contributed by atoms with Gasteiger partial charge in [-0.15, -0.1) is 0 Å². The molecule has 1 rings (SSSR count). The minimum atomic E-state index is -0.296. The summed E-state index contributed by atoms with van der Waals surface area (Å²) in [6, 6.07) is 4.61. The Morgan fingerprint density at radius 2 is 2.29 bits per heavy atom. The van der Waals surface area contributed by atoms with Gasteiger partial charge in [-0.2, -0.15) is 0 Å². The molecule has 1 nitrogen and oxygen atoms in total. The van der Waals surface area contributed by atoms with Gasteiger partial charge >= 0.3 is 0 Å². The first kappa shape index (κ1) is 11.2. The summed E-state index contributed by atoms with van der Waals surface area (Å²) in [5.74, 6) is -0.346. The van der Waals surface area contributed by atoms with Crippen molar-refractivity contribution in [3.63, 3.8) is 0 Å². The number of hydrogen-bond donors (Lipinski definition) is 0. The summed E-state index contributed by atoms with van der Waals surface area (Å²) in [4.78, 5) is 10.4. The predicted molar refractivity (Wildman–Crippen MR) is 55.0 cm³/mol. The molecule has 0 spiro atoms. The second-order valence-electron chi connectivity index (χ2n) is 3.35. The van der Waals surface area contributed by atoms with E-state index in [1.165, 1.54) is 6.07 Å². The van der Waals surface area contributed by atoms with Crippen LogP contribution in [0.4, 0.5) is 4.39 Å². The fourth-order valence-corrected chi connectivity index (χ4v) is 1.47. The molecule has 14 heavy (non-hydrogen) atoms. The summed E-state index contributed by atoms with van der Waals surface area (Å²) >= 11 is 5.83. The largest absolute Gasteiger partial charge is 0.303 e. The molecule has 3 heteroatoms. The normalized spacial score (nSPS) is 12.5. The minimum absolute atomic E-state index is 0.0503. The Bertz CT molecular complexity index is 305. The van der Waals surface area contributed by atoms with Crippen molar-refractivity contribution in [3.05, 3.63) is 34.6 Å². The van der Waals surface area contributed by atoms with Crippen LogP contribution in [0, 0.1) is 11.7 Å². The number of halogens is 2. The van der Waals surface area contributed by atoms with Gasteiger partial charge < -0.3 is 4.79 Å². The molecule has 0 saturated carbocycles. The summed E-state index contributed by atoms with van der Waals surface area (Å²) in [7, 11) is 0. The van der Waals surface area contributed by atoms with Crippen molar-refractivity contribution in [2.45, 2.75) is 19.8 Å². The number of aldehydes is 1.